The third-order valence-corrected chi connectivity index (χ3v) is 6.59. The largest absolute Gasteiger partial charge is 0.480 e. The molecule has 2 amide bonds. The van der Waals surface area contributed by atoms with Gasteiger partial charge in [-0.15, -0.1) is 0 Å². The zero-order valence-electron chi connectivity index (χ0n) is 21.5. The fourth-order valence-corrected chi connectivity index (χ4v) is 4.57. The monoisotopic (exact) mass is 530 g/mol. The van der Waals surface area contributed by atoms with E-state index in [0.717, 1.165) is 27.8 Å². The first-order chi connectivity index (χ1) is 18.9. The summed E-state index contributed by atoms with van der Waals surface area (Å²) < 4.78 is 10.8. The molecule has 4 rings (SSSR count). The lowest BCUT2D eigenvalue weighted by molar-refractivity contribution is -0.147. The Bertz CT molecular complexity index is 1300. The van der Waals surface area contributed by atoms with Gasteiger partial charge in [0.15, 0.2) is 0 Å². The first kappa shape index (κ1) is 27.4. The summed E-state index contributed by atoms with van der Waals surface area (Å²) in [5.41, 5.74) is 4.95. The maximum atomic E-state index is 12.9. The first-order valence-electron chi connectivity index (χ1n) is 12.7. The van der Waals surface area contributed by atoms with Gasteiger partial charge >= 0.3 is 18.0 Å². The summed E-state index contributed by atoms with van der Waals surface area (Å²) in [6, 6.07) is 22.2. The molecule has 0 heterocycles. The number of carbonyl (C=O) groups excluding carboxylic acids is 3. The normalized spacial score (nSPS) is 13.4. The highest BCUT2D eigenvalue weighted by Gasteiger charge is 2.31. The van der Waals surface area contributed by atoms with Crippen molar-refractivity contribution in [1.82, 2.24) is 10.6 Å². The number of ether oxygens (including phenoxy) is 2. The molecule has 0 aliphatic heterocycles. The van der Waals surface area contributed by atoms with Crippen LogP contribution < -0.4 is 10.6 Å². The molecule has 9 nitrogen and oxygen atoms in total. The number of hydrogen-bond donors (Lipinski definition) is 3. The summed E-state index contributed by atoms with van der Waals surface area (Å²) in [5.74, 6) is -2.98. The van der Waals surface area contributed by atoms with Crippen LogP contribution in [0.25, 0.3) is 11.1 Å². The Morgan fingerprint density at radius 2 is 1.38 bits per heavy atom. The van der Waals surface area contributed by atoms with Crippen molar-refractivity contribution in [3.8, 4) is 11.1 Å². The van der Waals surface area contributed by atoms with E-state index >= 15 is 0 Å². The third kappa shape index (κ3) is 6.81. The van der Waals surface area contributed by atoms with Gasteiger partial charge in [-0.05, 0) is 34.2 Å². The summed E-state index contributed by atoms with van der Waals surface area (Å²) >= 11 is 0. The van der Waals surface area contributed by atoms with Crippen LogP contribution in [0, 0.1) is 0 Å². The van der Waals surface area contributed by atoms with Gasteiger partial charge in [0.05, 0.1) is 6.42 Å². The second kappa shape index (κ2) is 12.7. The Morgan fingerprint density at radius 1 is 0.795 bits per heavy atom. The van der Waals surface area contributed by atoms with Crippen LogP contribution in [0.2, 0.25) is 0 Å². The van der Waals surface area contributed by atoms with E-state index in [-0.39, 0.29) is 25.6 Å². The number of carboxylic acids is 1. The van der Waals surface area contributed by atoms with Crippen molar-refractivity contribution in [2.75, 3.05) is 6.61 Å². The number of rotatable bonds is 11. The zero-order chi connectivity index (χ0) is 27.8. The molecule has 3 aromatic rings. The minimum Gasteiger partial charge on any atom is -0.480 e. The molecular weight excluding hydrogens is 500 g/mol. The molecule has 39 heavy (non-hydrogen) atoms. The number of carbonyl (C=O) groups is 4. The summed E-state index contributed by atoms with van der Waals surface area (Å²) in [7, 11) is 0. The molecule has 0 radical (unpaired) electrons. The lowest BCUT2D eigenvalue weighted by atomic mass is 9.98. The molecule has 0 aromatic heterocycles. The quantitative estimate of drug-likeness (QED) is 0.319. The molecule has 0 bridgehead atoms. The maximum absolute atomic E-state index is 12.9. The predicted octanol–water partition coefficient (Wildman–Crippen LogP) is 4.01. The van der Waals surface area contributed by atoms with E-state index in [1.807, 2.05) is 54.6 Å². The molecule has 202 valence electrons. The summed E-state index contributed by atoms with van der Waals surface area (Å²) in [6.45, 7) is 1.60. The summed E-state index contributed by atoms with van der Waals surface area (Å²) in [4.78, 5) is 49.7. The molecule has 9 heteroatoms. The highest BCUT2D eigenvalue weighted by molar-refractivity contribution is 5.92. The van der Waals surface area contributed by atoms with E-state index in [2.05, 4.69) is 10.6 Å². The van der Waals surface area contributed by atoms with Gasteiger partial charge < -0.3 is 25.2 Å². The second-order valence-corrected chi connectivity index (χ2v) is 9.18. The smallest absolute Gasteiger partial charge is 0.407 e. The maximum Gasteiger partial charge on any atom is 0.407 e. The minimum absolute atomic E-state index is 0.00827. The Hall–Kier alpha value is -4.66. The zero-order valence-corrected chi connectivity index (χ0v) is 21.5. The number of benzene rings is 3. The number of fused-ring (bicyclic) bond motifs is 3. The number of carboxylic acid groups (broad SMARTS) is 1. The van der Waals surface area contributed by atoms with Gasteiger partial charge in [-0.2, -0.15) is 0 Å². The van der Waals surface area contributed by atoms with E-state index in [0.29, 0.717) is 0 Å². The molecule has 0 saturated carbocycles. The van der Waals surface area contributed by atoms with Gasteiger partial charge in [0.25, 0.3) is 0 Å². The fourth-order valence-electron chi connectivity index (χ4n) is 4.57. The van der Waals surface area contributed by atoms with Crippen molar-refractivity contribution in [3.05, 3.63) is 95.6 Å². The molecule has 0 fully saturated rings. The SMILES string of the molecule is CC[C@@H](NC(=O)[C@H](CC(=O)OCc1ccccc1)NC(=O)OCC1c2ccccc2-c2ccccc21)C(=O)O. The molecule has 1 aliphatic carbocycles. The van der Waals surface area contributed by atoms with Crippen molar-refractivity contribution in [3.63, 3.8) is 0 Å². The van der Waals surface area contributed by atoms with Crippen molar-refractivity contribution in [2.45, 2.75) is 44.4 Å². The molecule has 0 saturated heterocycles. The standard InChI is InChI=1S/C30H30N2O7/c1-2-25(29(35)36)31-28(34)26(16-27(33)38-17-19-10-4-3-5-11-19)32-30(37)39-18-24-22-14-8-6-12-20(22)21-13-7-9-15-23(21)24/h3-15,24-26H,2,16-18H2,1H3,(H,31,34)(H,32,37)(H,35,36)/t25-,26+/m1/s1. The second-order valence-electron chi connectivity index (χ2n) is 9.18. The molecule has 2 atom stereocenters. The van der Waals surface area contributed by atoms with E-state index in [1.54, 1.807) is 31.2 Å². The molecular formula is C30H30N2O7. The van der Waals surface area contributed by atoms with Gasteiger partial charge in [0.1, 0.15) is 25.3 Å². The minimum atomic E-state index is -1.39. The number of esters is 1. The Kier molecular flexibility index (Phi) is 8.94. The average Bonchev–Trinajstić information content (AvgIpc) is 3.27. The molecule has 0 unspecified atom stereocenters. The van der Waals surface area contributed by atoms with Crippen LogP contribution in [0.1, 0.15) is 42.4 Å². The molecule has 1 aliphatic rings. The number of aliphatic carboxylic acids is 1. The van der Waals surface area contributed by atoms with Gasteiger partial charge in [-0.3, -0.25) is 9.59 Å². The number of hydrogen-bond acceptors (Lipinski definition) is 6. The van der Waals surface area contributed by atoms with Crippen molar-refractivity contribution >= 4 is 23.9 Å². The van der Waals surface area contributed by atoms with Gasteiger partial charge in [0, 0.05) is 5.92 Å². The van der Waals surface area contributed by atoms with Crippen molar-refractivity contribution in [2.24, 2.45) is 0 Å². The van der Waals surface area contributed by atoms with Crippen LogP contribution >= 0.6 is 0 Å². The highest BCUT2D eigenvalue weighted by atomic mass is 16.5. The van der Waals surface area contributed by atoms with Crippen LogP contribution in [0.3, 0.4) is 0 Å². The average molecular weight is 531 g/mol. The van der Waals surface area contributed by atoms with Crippen molar-refractivity contribution < 1.29 is 33.8 Å². The lowest BCUT2D eigenvalue weighted by Crippen LogP contribution is -2.52. The van der Waals surface area contributed by atoms with E-state index < -0.39 is 42.4 Å². The van der Waals surface area contributed by atoms with E-state index in [1.165, 1.54) is 0 Å². The predicted molar refractivity (Wildman–Crippen MR) is 143 cm³/mol. The van der Waals surface area contributed by atoms with E-state index in [9.17, 15) is 24.3 Å². The summed E-state index contributed by atoms with van der Waals surface area (Å²) in [5, 5.41) is 14.1. The van der Waals surface area contributed by atoms with Crippen LogP contribution in [0.4, 0.5) is 4.79 Å². The number of amides is 2. The Labute approximate surface area is 226 Å². The third-order valence-electron chi connectivity index (χ3n) is 6.59. The van der Waals surface area contributed by atoms with E-state index in [4.69, 9.17) is 9.47 Å². The van der Waals surface area contributed by atoms with Gasteiger partial charge in [-0.1, -0.05) is 85.8 Å². The Morgan fingerprint density at radius 3 is 1.97 bits per heavy atom. The van der Waals surface area contributed by atoms with Crippen LogP contribution in [-0.2, 0) is 30.5 Å². The highest BCUT2D eigenvalue weighted by Crippen LogP contribution is 2.44. The van der Waals surface area contributed by atoms with Crippen LogP contribution in [-0.4, -0.2) is 47.7 Å². The molecule has 3 aromatic carbocycles. The topological polar surface area (TPSA) is 131 Å². The number of nitrogens with one attached hydrogen (secondary N) is 2. The van der Waals surface area contributed by atoms with Gasteiger partial charge in [-0.25, -0.2) is 9.59 Å². The van der Waals surface area contributed by atoms with Crippen LogP contribution in [0.15, 0.2) is 78.9 Å². The molecule has 3 N–H and O–H groups in total. The fraction of sp³-hybridized carbons (Fsp3) is 0.267. The Balaban J connectivity index is 1.42. The van der Waals surface area contributed by atoms with Crippen LogP contribution in [0.5, 0.6) is 0 Å². The van der Waals surface area contributed by atoms with Gasteiger partial charge in [0.2, 0.25) is 5.91 Å². The first-order valence-corrected chi connectivity index (χ1v) is 12.7. The number of alkyl carbamates (subject to hydrolysis) is 1. The summed E-state index contributed by atoms with van der Waals surface area (Å²) in [6.07, 6.45) is -1.29. The molecule has 0 spiro atoms. The lowest BCUT2D eigenvalue weighted by Gasteiger charge is -2.21. The van der Waals surface area contributed by atoms with Crippen molar-refractivity contribution in [1.29, 1.82) is 0 Å².